The maximum absolute atomic E-state index is 13.9. The van der Waals surface area contributed by atoms with E-state index in [1.165, 1.54) is 13.2 Å². The zero-order chi connectivity index (χ0) is 20.5. The number of alkyl halides is 3. The van der Waals surface area contributed by atoms with E-state index in [1.54, 1.807) is 17.8 Å². The molecule has 0 saturated carbocycles. The molecule has 3 rings (SSSR count). The Morgan fingerprint density at radius 3 is 2.61 bits per heavy atom. The summed E-state index contributed by atoms with van der Waals surface area (Å²) < 4.78 is 56.0. The zero-order valence-corrected chi connectivity index (χ0v) is 15.2. The molecule has 3 heterocycles. The Hall–Kier alpha value is -3.31. The van der Waals surface area contributed by atoms with E-state index >= 15 is 0 Å². The van der Waals surface area contributed by atoms with Crippen LogP contribution >= 0.6 is 0 Å². The summed E-state index contributed by atoms with van der Waals surface area (Å²) in [5, 5.41) is 11.7. The van der Waals surface area contributed by atoms with Crippen LogP contribution in [0, 0.1) is 12.9 Å². The van der Waals surface area contributed by atoms with Gasteiger partial charge in [-0.25, -0.2) is 20.1 Å². The molecule has 0 amide bonds. The first kappa shape index (κ1) is 19.5. The molecule has 0 saturated heterocycles. The van der Waals surface area contributed by atoms with Gasteiger partial charge in [-0.2, -0.15) is 32.9 Å². The van der Waals surface area contributed by atoms with Crippen molar-refractivity contribution in [3.8, 4) is 11.3 Å². The fourth-order valence-electron chi connectivity index (χ4n) is 2.41. The molecule has 0 aliphatic rings. The summed E-state index contributed by atoms with van der Waals surface area (Å²) in [6, 6.07) is 0.830. The molecule has 0 aliphatic heterocycles. The second-order valence-electron chi connectivity index (χ2n) is 5.83. The van der Waals surface area contributed by atoms with Crippen LogP contribution in [0.1, 0.15) is 23.9 Å². The maximum atomic E-state index is 13.9. The van der Waals surface area contributed by atoms with Crippen LogP contribution in [-0.2, 0) is 19.8 Å². The number of anilines is 1. The van der Waals surface area contributed by atoms with E-state index in [2.05, 4.69) is 30.7 Å². The van der Waals surface area contributed by atoms with E-state index in [1.807, 2.05) is 6.92 Å². The van der Waals surface area contributed by atoms with Gasteiger partial charge in [0.2, 0.25) is 11.9 Å². The first-order chi connectivity index (χ1) is 13.2. The van der Waals surface area contributed by atoms with E-state index in [4.69, 9.17) is 0 Å². The minimum Gasteiger partial charge on any atom is -0.272 e. The molecule has 3 aromatic rings. The lowest BCUT2D eigenvalue weighted by molar-refractivity contribution is -0.141. The van der Waals surface area contributed by atoms with Gasteiger partial charge in [0.15, 0.2) is 5.69 Å². The fraction of sp³-hybridized carbons (Fsp3) is 0.312. The number of hydrazone groups is 1. The molecule has 148 valence electrons. The Kier molecular flexibility index (Phi) is 5.12. The van der Waals surface area contributed by atoms with Gasteiger partial charge in [0, 0.05) is 25.4 Å². The molecule has 0 atom stereocenters. The molecule has 0 spiro atoms. The number of rotatable bonds is 5. The van der Waals surface area contributed by atoms with Crippen LogP contribution in [0.25, 0.3) is 11.3 Å². The Morgan fingerprint density at radius 2 is 2.04 bits per heavy atom. The third kappa shape index (κ3) is 4.00. The van der Waals surface area contributed by atoms with Crippen LogP contribution in [0.5, 0.6) is 0 Å². The van der Waals surface area contributed by atoms with Crippen LogP contribution in [0.2, 0.25) is 0 Å². The van der Waals surface area contributed by atoms with Crippen LogP contribution in [0.4, 0.5) is 23.5 Å². The summed E-state index contributed by atoms with van der Waals surface area (Å²) in [4.78, 5) is 7.48. The van der Waals surface area contributed by atoms with Gasteiger partial charge in [-0.3, -0.25) is 4.68 Å². The minimum atomic E-state index is -4.68. The Morgan fingerprint density at radius 1 is 1.29 bits per heavy atom. The van der Waals surface area contributed by atoms with Gasteiger partial charge in [0.1, 0.15) is 0 Å². The topological polar surface area (TPSA) is 85.8 Å². The Bertz CT molecular complexity index is 1020. The quantitative estimate of drug-likeness (QED) is 0.407. The Balaban J connectivity index is 1.93. The van der Waals surface area contributed by atoms with Gasteiger partial charge in [-0.05, 0) is 19.9 Å². The van der Waals surface area contributed by atoms with E-state index < -0.39 is 17.8 Å². The smallest absolute Gasteiger partial charge is 0.272 e. The molecule has 12 heteroatoms. The first-order valence-corrected chi connectivity index (χ1v) is 8.16. The van der Waals surface area contributed by atoms with Crippen LogP contribution in [0.3, 0.4) is 0 Å². The second kappa shape index (κ2) is 7.37. The molecule has 0 unspecified atom stereocenters. The number of nitrogens with zero attached hydrogens (tertiary/aromatic N) is 7. The van der Waals surface area contributed by atoms with Gasteiger partial charge >= 0.3 is 6.18 Å². The lowest BCUT2D eigenvalue weighted by Gasteiger charge is -2.09. The molecule has 0 aromatic carbocycles. The number of halogens is 4. The molecule has 8 nitrogen and oxygen atoms in total. The van der Waals surface area contributed by atoms with Crippen molar-refractivity contribution in [3.05, 3.63) is 41.4 Å². The lowest BCUT2D eigenvalue weighted by Crippen LogP contribution is -2.11. The number of hydrogen-bond donors (Lipinski definition) is 1. The molecule has 0 aliphatic carbocycles. The zero-order valence-electron chi connectivity index (χ0n) is 15.2. The molecule has 1 N–H and O–H groups in total. The molecular formula is C16H16F4N8. The van der Waals surface area contributed by atoms with E-state index in [0.29, 0.717) is 17.8 Å². The highest BCUT2D eigenvalue weighted by atomic mass is 19.4. The van der Waals surface area contributed by atoms with Crippen molar-refractivity contribution in [1.29, 1.82) is 0 Å². The Labute approximate surface area is 156 Å². The van der Waals surface area contributed by atoms with Gasteiger partial charge in [-0.15, -0.1) is 0 Å². The van der Waals surface area contributed by atoms with Crippen molar-refractivity contribution in [2.24, 2.45) is 12.1 Å². The number of aromatic nitrogens is 6. The largest absolute Gasteiger partial charge is 0.433 e. The summed E-state index contributed by atoms with van der Waals surface area (Å²) in [6.07, 6.45) is -0.585. The fourth-order valence-corrected chi connectivity index (χ4v) is 2.41. The summed E-state index contributed by atoms with van der Waals surface area (Å²) in [5.74, 6) is -1.01. The minimum absolute atomic E-state index is 0.0310. The van der Waals surface area contributed by atoms with Gasteiger partial charge in [0.05, 0.1) is 29.4 Å². The summed E-state index contributed by atoms with van der Waals surface area (Å²) >= 11 is 0. The second-order valence-corrected chi connectivity index (χ2v) is 5.83. The van der Waals surface area contributed by atoms with E-state index in [9.17, 15) is 17.6 Å². The van der Waals surface area contributed by atoms with Crippen molar-refractivity contribution >= 4 is 12.2 Å². The van der Waals surface area contributed by atoms with E-state index in [0.717, 1.165) is 17.0 Å². The number of aryl methyl sites for hydroxylation is 3. The highest BCUT2D eigenvalue weighted by molar-refractivity contribution is 5.81. The molecular weight excluding hydrogens is 380 g/mol. The van der Waals surface area contributed by atoms with Crippen molar-refractivity contribution < 1.29 is 17.6 Å². The van der Waals surface area contributed by atoms with Crippen molar-refractivity contribution in [2.75, 3.05) is 5.43 Å². The highest BCUT2D eigenvalue weighted by Gasteiger charge is 2.34. The summed E-state index contributed by atoms with van der Waals surface area (Å²) in [7, 11) is 1.42. The standard InChI is InChI=1S/C16H16F4N8/c1-4-28-8-10(6-22-28)12-5-13(16(18,19)20)24-15(23-12)25-21-7-11-9(2)26-27(3)14(11)17/h5-8H,4H2,1-3H3,(H,23,24,25)/b21-7-. The lowest BCUT2D eigenvalue weighted by atomic mass is 10.2. The van der Waals surface area contributed by atoms with E-state index in [-0.39, 0.29) is 17.2 Å². The molecule has 0 fully saturated rings. The molecule has 0 bridgehead atoms. The summed E-state index contributed by atoms with van der Waals surface area (Å²) in [5.41, 5.74) is 2.09. The van der Waals surface area contributed by atoms with Gasteiger partial charge < -0.3 is 0 Å². The number of hydrogen-bond acceptors (Lipinski definition) is 6. The predicted octanol–water partition coefficient (Wildman–Crippen LogP) is 3.01. The first-order valence-electron chi connectivity index (χ1n) is 8.16. The van der Waals surface area contributed by atoms with Crippen molar-refractivity contribution in [1.82, 2.24) is 29.5 Å². The van der Waals surface area contributed by atoms with Crippen molar-refractivity contribution in [3.63, 3.8) is 0 Å². The third-order valence-corrected chi connectivity index (χ3v) is 3.82. The molecule has 3 aromatic heterocycles. The average Bonchev–Trinajstić information content (AvgIpc) is 3.21. The van der Waals surface area contributed by atoms with Gasteiger partial charge in [0.25, 0.3) is 0 Å². The van der Waals surface area contributed by atoms with Gasteiger partial charge in [-0.1, -0.05) is 0 Å². The number of nitrogens with one attached hydrogen (secondary N) is 1. The van der Waals surface area contributed by atoms with Crippen LogP contribution in [-0.4, -0.2) is 35.7 Å². The summed E-state index contributed by atoms with van der Waals surface area (Å²) in [6.45, 7) is 3.98. The monoisotopic (exact) mass is 396 g/mol. The highest BCUT2D eigenvalue weighted by Crippen LogP contribution is 2.31. The SMILES string of the molecule is CCn1cc(-c2cc(C(F)(F)F)nc(N/N=C\c3c(C)nn(C)c3F)n2)cn1. The normalized spacial score (nSPS) is 12.1. The molecule has 0 radical (unpaired) electrons. The maximum Gasteiger partial charge on any atom is 0.433 e. The third-order valence-electron chi connectivity index (χ3n) is 3.82. The predicted molar refractivity (Wildman–Crippen MR) is 93.0 cm³/mol. The average molecular weight is 396 g/mol. The van der Waals surface area contributed by atoms with Crippen LogP contribution in [0.15, 0.2) is 23.6 Å². The molecule has 28 heavy (non-hydrogen) atoms. The van der Waals surface area contributed by atoms with Crippen molar-refractivity contribution in [2.45, 2.75) is 26.6 Å². The van der Waals surface area contributed by atoms with Crippen LogP contribution < -0.4 is 5.43 Å².